The SMILES string of the molecule is O=C1NC[C@H](c2nc(C3CCOCC3)nn2C2CCCCC2)N1. The van der Waals surface area contributed by atoms with Crippen molar-refractivity contribution in [1.29, 1.82) is 0 Å². The van der Waals surface area contributed by atoms with Gasteiger partial charge in [0, 0.05) is 25.7 Å². The lowest BCUT2D eigenvalue weighted by atomic mass is 9.95. The van der Waals surface area contributed by atoms with Crippen molar-refractivity contribution in [3.05, 3.63) is 11.6 Å². The van der Waals surface area contributed by atoms with Crippen molar-refractivity contribution >= 4 is 6.03 Å². The van der Waals surface area contributed by atoms with E-state index in [4.69, 9.17) is 14.8 Å². The fourth-order valence-electron chi connectivity index (χ4n) is 3.92. The number of carbonyl (C=O) groups is 1. The average molecular weight is 319 g/mol. The number of amides is 2. The Labute approximate surface area is 136 Å². The van der Waals surface area contributed by atoms with Crippen LogP contribution >= 0.6 is 0 Å². The molecule has 126 valence electrons. The number of rotatable bonds is 3. The number of hydrogen-bond acceptors (Lipinski definition) is 4. The van der Waals surface area contributed by atoms with Crippen LogP contribution < -0.4 is 10.6 Å². The molecule has 2 aliphatic heterocycles. The zero-order valence-corrected chi connectivity index (χ0v) is 13.5. The molecule has 7 heteroatoms. The third-order valence-electron chi connectivity index (χ3n) is 5.26. The van der Waals surface area contributed by atoms with Crippen LogP contribution in [0.2, 0.25) is 0 Å². The van der Waals surface area contributed by atoms with E-state index in [0.717, 1.165) is 50.5 Å². The topological polar surface area (TPSA) is 81.1 Å². The maximum absolute atomic E-state index is 11.5. The highest BCUT2D eigenvalue weighted by atomic mass is 16.5. The zero-order valence-electron chi connectivity index (χ0n) is 13.5. The van der Waals surface area contributed by atoms with Crippen LogP contribution in [-0.4, -0.2) is 40.6 Å². The van der Waals surface area contributed by atoms with E-state index in [-0.39, 0.29) is 12.1 Å². The standard InChI is InChI=1S/C16H25N5O2/c22-16-17-10-13(18-16)15-19-14(11-6-8-23-9-7-11)20-21(15)12-4-2-1-3-5-12/h11-13H,1-10H2,(H2,17,18,22)/t13-/m1/s1. The zero-order chi connectivity index (χ0) is 15.6. The Morgan fingerprint density at radius 1 is 1.09 bits per heavy atom. The Balaban J connectivity index is 1.63. The lowest BCUT2D eigenvalue weighted by Gasteiger charge is -2.24. The first-order valence-electron chi connectivity index (χ1n) is 8.89. The van der Waals surface area contributed by atoms with Crippen molar-refractivity contribution in [1.82, 2.24) is 25.4 Å². The van der Waals surface area contributed by atoms with Crippen LogP contribution in [0, 0.1) is 0 Å². The number of nitrogens with zero attached hydrogens (tertiary/aromatic N) is 3. The van der Waals surface area contributed by atoms with Crippen LogP contribution in [-0.2, 0) is 4.74 Å². The fraction of sp³-hybridized carbons (Fsp3) is 0.812. The summed E-state index contributed by atoms with van der Waals surface area (Å²) in [6, 6.07) is 0.253. The van der Waals surface area contributed by atoms with Crippen LogP contribution in [0.1, 0.15) is 74.6 Å². The van der Waals surface area contributed by atoms with E-state index in [9.17, 15) is 4.79 Å². The molecule has 2 N–H and O–H groups in total. The Hall–Kier alpha value is -1.63. The molecule has 1 atom stereocenters. The molecule has 1 saturated carbocycles. The highest BCUT2D eigenvalue weighted by molar-refractivity contribution is 5.76. The molecule has 0 unspecified atom stereocenters. The molecule has 0 bridgehead atoms. The minimum atomic E-state index is -0.110. The van der Waals surface area contributed by atoms with Gasteiger partial charge in [0.2, 0.25) is 0 Å². The average Bonchev–Trinajstić information content (AvgIpc) is 3.23. The van der Waals surface area contributed by atoms with Gasteiger partial charge in [-0.25, -0.2) is 14.5 Å². The summed E-state index contributed by atoms with van der Waals surface area (Å²) in [4.78, 5) is 16.4. The van der Waals surface area contributed by atoms with Crippen molar-refractivity contribution in [2.45, 2.75) is 62.9 Å². The van der Waals surface area contributed by atoms with E-state index in [2.05, 4.69) is 15.3 Å². The molecule has 3 aliphatic rings. The van der Waals surface area contributed by atoms with Gasteiger partial charge in [0.15, 0.2) is 11.6 Å². The first-order chi connectivity index (χ1) is 11.3. The van der Waals surface area contributed by atoms with Crippen molar-refractivity contribution in [2.75, 3.05) is 19.8 Å². The molecule has 2 amide bonds. The second-order valence-corrected chi connectivity index (χ2v) is 6.86. The van der Waals surface area contributed by atoms with Crippen molar-refractivity contribution in [2.24, 2.45) is 0 Å². The Bertz CT molecular complexity index is 561. The summed E-state index contributed by atoms with van der Waals surface area (Å²) >= 11 is 0. The molecule has 1 aromatic heterocycles. The summed E-state index contributed by atoms with van der Waals surface area (Å²) in [6.07, 6.45) is 8.13. The van der Waals surface area contributed by atoms with E-state index in [1.807, 2.05) is 0 Å². The van der Waals surface area contributed by atoms with Crippen molar-refractivity contribution in [3.8, 4) is 0 Å². The molecule has 2 saturated heterocycles. The number of urea groups is 1. The Morgan fingerprint density at radius 3 is 2.57 bits per heavy atom. The first kappa shape index (κ1) is 14.9. The van der Waals surface area contributed by atoms with Gasteiger partial charge in [0.1, 0.15) is 6.04 Å². The van der Waals surface area contributed by atoms with Crippen LogP contribution in [0.5, 0.6) is 0 Å². The third-order valence-corrected chi connectivity index (χ3v) is 5.26. The normalized spacial score (nSPS) is 27.0. The van der Waals surface area contributed by atoms with Crippen LogP contribution in [0.4, 0.5) is 4.79 Å². The lowest BCUT2D eigenvalue weighted by molar-refractivity contribution is 0.0834. The maximum Gasteiger partial charge on any atom is 0.315 e. The van der Waals surface area contributed by atoms with Crippen LogP contribution in [0.15, 0.2) is 0 Å². The molecular weight excluding hydrogens is 294 g/mol. The van der Waals surface area contributed by atoms with Gasteiger partial charge in [-0.15, -0.1) is 0 Å². The number of nitrogens with one attached hydrogen (secondary N) is 2. The quantitative estimate of drug-likeness (QED) is 0.893. The molecule has 7 nitrogen and oxygen atoms in total. The Kier molecular flexibility index (Phi) is 4.20. The van der Waals surface area contributed by atoms with Gasteiger partial charge >= 0.3 is 6.03 Å². The van der Waals surface area contributed by atoms with Gasteiger partial charge in [-0.1, -0.05) is 19.3 Å². The van der Waals surface area contributed by atoms with E-state index in [1.54, 1.807) is 0 Å². The summed E-state index contributed by atoms with van der Waals surface area (Å²) < 4.78 is 7.59. The second-order valence-electron chi connectivity index (χ2n) is 6.86. The van der Waals surface area contributed by atoms with Gasteiger partial charge in [-0.3, -0.25) is 0 Å². The molecule has 3 heterocycles. The van der Waals surface area contributed by atoms with Gasteiger partial charge in [0.05, 0.1) is 6.04 Å². The molecule has 3 fully saturated rings. The van der Waals surface area contributed by atoms with Crippen molar-refractivity contribution < 1.29 is 9.53 Å². The molecule has 23 heavy (non-hydrogen) atoms. The highest BCUT2D eigenvalue weighted by Gasteiger charge is 2.32. The summed E-state index contributed by atoms with van der Waals surface area (Å²) in [6.45, 7) is 2.18. The minimum absolute atomic E-state index is 0.0643. The van der Waals surface area contributed by atoms with E-state index >= 15 is 0 Å². The fourth-order valence-corrected chi connectivity index (χ4v) is 3.92. The van der Waals surface area contributed by atoms with Crippen molar-refractivity contribution in [3.63, 3.8) is 0 Å². The lowest BCUT2D eigenvalue weighted by Crippen LogP contribution is -2.25. The molecular formula is C16H25N5O2. The predicted molar refractivity (Wildman–Crippen MR) is 84.2 cm³/mol. The molecule has 4 rings (SSSR count). The van der Waals surface area contributed by atoms with E-state index < -0.39 is 0 Å². The van der Waals surface area contributed by atoms with E-state index in [0.29, 0.717) is 18.5 Å². The number of aromatic nitrogens is 3. The summed E-state index contributed by atoms with van der Waals surface area (Å²) in [5.41, 5.74) is 0. The summed E-state index contributed by atoms with van der Waals surface area (Å²) in [5.74, 6) is 2.25. The minimum Gasteiger partial charge on any atom is -0.381 e. The van der Waals surface area contributed by atoms with Gasteiger partial charge in [-0.05, 0) is 25.7 Å². The number of ether oxygens (including phenoxy) is 1. The molecule has 0 spiro atoms. The van der Waals surface area contributed by atoms with Gasteiger partial charge < -0.3 is 15.4 Å². The predicted octanol–water partition coefficient (Wildman–Crippen LogP) is 2.03. The van der Waals surface area contributed by atoms with E-state index in [1.165, 1.54) is 19.3 Å². The number of carbonyl (C=O) groups excluding carboxylic acids is 1. The van der Waals surface area contributed by atoms with Crippen LogP contribution in [0.25, 0.3) is 0 Å². The molecule has 1 aliphatic carbocycles. The van der Waals surface area contributed by atoms with Gasteiger partial charge in [-0.2, -0.15) is 5.10 Å². The molecule has 0 aromatic carbocycles. The third kappa shape index (κ3) is 3.06. The Morgan fingerprint density at radius 2 is 1.87 bits per heavy atom. The second kappa shape index (κ2) is 6.47. The maximum atomic E-state index is 11.5. The van der Waals surface area contributed by atoms with Crippen LogP contribution in [0.3, 0.4) is 0 Å². The molecule has 0 radical (unpaired) electrons. The monoisotopic (exact) mass is 319 g/mol. The highest BCUT2D eigenvalue weighted by Crippen LogP contribution is 2.32. The first-order valence-corrected chi connectivity index (χ1v) is 8.89. The van der Waals surface area contributed by atoms with Gasteiger partial charge in [0.25, 0.3) is 0 Å². The molecule has 1 aromatic rings. The smallest absolute Gasteiger partial charge is 0.315 e. The largest absolute Gasteiger partial charge is 0.381 e. The number of hydrogen-bond donors (Lipinski definition) is 2. The summed E-state index contributed by atoms with van der Waals surface area (Å²) in [5, 5.41) is 10.7. The summed E-state index contributed by atoms with van der Waals surface area (Å²) in [7, 11) is 0.